The molecule has 0 fully saturated rings. The van der Waals surface area contributed by atoms with E-state index in [-0.39, 0.29) is 0 Å². The molecule has 0 aliphatic carbocycles. The second kappa shape index (κ2) is 6.91. The normalized spacial score (nSPS) is 12.4. The first kappa shape index (κ1) is 19.5. The Morgan fingerprint density at radius 2 is 1.59 bits per heavy atom. The van der Waals surface area contributed by atoms with Gasteiger partial charge in [-0.05, 0) is 0 Å². The van der Waals surface area contributed by atoms with E-state index in [1.54, 1.807) is 6.33 Å². The molecule has 0 atom stereocenters. The molecule has 0 radical (unpaired) electrons. The van der Waals surface area contributed by atoms with Gasteiger partial charge in [0.15, 0.2) is 0 Å². The molecule has 0 aliphatic heterocycles. The predicted molar refractivity (Wildman–Crippen MR) is 137 cm³/mol. The summed E-state index contributed by atoms with van der Waals surface area (Å²) in [5.74, 6) is 7.31. The van der Waals surface area contributed by atoms with E-state index in [0.29, 0.717) is 0 Å². The first-order valence-corrected chi connectivity index (χ1v) is 18.4. The fraction of sp³-hybridized carbons (Fsp3) is 0.143. The van der Waals surface area contributed by atoms with Crippen LogP contribution in [0.3, 0.4) is 0 Å². The zero-order valence-corrected chi connectivity index (χ0v) is 20.8. The summed E-state index contributed by atoms with van der Waals surface area (Å²) in [5, 5.41) is 5.87. The Kier molecular flexibility index (Phi) is 4.21. The van der Waals surface area contributed by atoms with Crippen molar-refractivity contribution < 1.29 is 4.42 Å². The van der Waals surface area contributed by atoms with Gasteiger partial charge in [0.2, 0.25) is 0 Å². The van der Waals surface area contributed by atoms with E-state index in [1.165, 1.54) is 20.7 Å². The monoisotopic (exact) mass is 478 g/mol. The van der Waals surface area contributed by atoms with Crippen LogP contribution in [0.2, 0.25) is 17.3 Å². The zero-order valence-electron chi connectivity index (χ0n) is 18.7. The number of hydrogen-bond acceptors (Lipinski definition) is 3. The molecule has 4 aromatic carbocycles. The number of hydrogen-bond donors (Lipinski definition) is 0. The van der Waals surface area contributed by atoms with Crippen molar-refractivity contribution >= 4 is 61.3 Å². The second-order valence-corrected chi connectivity index (χ2v) is 20.2. The molecule has 2 heterocycles. The topological polar surface area (TPSA) is 38.9 Å². The summed E-state index contributed by atoms with van der Waals surface area (Å²) in [7, 11) is 0. The quantitative estimate of drug-likeness (QED) is 0.196. The van der Waals surface area contributed by atoms with Gasteiger partial charge >= 0.3 is 190 Å². The molecule has 0 N–H and O–H groups in total. The minimum atomic E-state index is -2.11. The van der Waals surface area contributed by atoms with Crippen molar-refractivity contribution in [2.45, 2.75) is 24.2 Å². The van der Waals surface area contributed by atoms with Gasteiger partial charge in [0.1, 0.15) is 0 Å². The SMILES string of the molecule is Cc1ccc2c(c1)oc1c(-c3ncnc4c3ccc3ccc[c]([Ge]([CH3])([CH3])[CH3])c34)cccc12. The number of rotatable bonds is 2. The molecular weight excluding hydrogens is 453 g/mol. The Labute approximate surface area is 189 Å². The molecule has 0 aliphatic rings. The average Bonchev–Trinajstić information content (AvgIpc) is 3.15. The first-order chi connectivity index (χ1) is 15.4. The maximum absolute atomic E-state index is 6.38. The number of aryl methyl sites for hydroxylation is 1. The van der Waals surface area contributed by atoms with E-state index in [1.807, 2.05) is 0 Å². The number of nitrogens with zero attached hydrogens (tertiary/aromatic N) is 2. The van der Waals surface area contributed by atoms with Crippen molar-refractivity contribution in [2.75, 3.05) is 0 Å². The van der Waals surface area contributed by atoms with Gasteiger partial charge in [-0.2, -0.15) is 0 Å². The van der Waals surface area contributed by atoms with E-state index in [9.17, 15) is 0 Å². The standard InChI is InChI=1S/C28H24GeN2O/c1-17-11-13-19-20-8-6-9-22(28(20)32-24(19)15-17)26-21-14-12-18-7-5-10-23(29(2,3)4)25(18)27(21)31-16-30-26/h5-16H,1-4H3. The maximum atomic E-state index is 6.38. The molecule has 0 bridgehead atoms. The molecule has 6 rings (SSSR count). The van der Waals surface area contributed by atoms with Gasteiger partial charge in [0, 0.05) is 0 Å². The number of benzene rings is 4. The number of para-hydroxylation sites is 1. The van der Waals surface area contributed by atoms with E-state index in [4.69, 9.17) is 14.4 Å². The zero-order chi connectivity index (χ0) is 22.0. The van der Waals surface area contributed by atoms with E-state index in [0.717, 1.165) is 44.1 Å². The van der Waals surface area contributed by atoms with Gasteiger partial charge in [0.05, 0.1) is 0 Å². The van der Waals surface area contributed by atoms with E-state index < -0.39 is 13.3 Å². The van der Waals surface area contributed by atoms with Crippen LogP contribution < -0.4 is 4.40 Å². The Morgan fingerprint density at radius 1 is 0.781 bits per heavy atom. The second-order valence-electron chi connectivity index (χ2n) is 9.62. The molecule has 4 heteroatoms. The Balaban J connectivity index is 1.72. The Hall–Kier alpha value is -3.18. The molecule has 156 valence electrons. The van der Waals surface area contributed by atoms with Gasteiger partial charge in [-0.25, -0.2) is 0 Å². The van der Waals surface area contributed by atoms with Crippen molar-refractivity contribution in [3.63, 3.8) is 0 Å². The molecule has 0 amide bonds. The Morgan fingerprint density at radius 3 is 2.44 bits per heavy atom. The molecule has 6 aromatic rings. The van der Waals surface area contributed by atoms with Crippen molar-refractivity contribution in [2.24, 2.45) is 0 Å². The molecule has 32 heavy (non-hydrogen) atoms. The van der Waals surface area contributed by atoms with Crippen LogP contribution in [0.25, 0.3) is 54.9 Å². The van der Waals surface area contributed by atoms with Gasteiger partial charge in [-0.1, -0.05) is 0 Å². The fourth-order valence-corrected chi connectivity index (χ4v) is 8.21. The fourth-order valence-electron chi connectivity index (χ4n) is 4.83. The molecule has 0 unspecified atom stereocenters. The Bertz CT molecular complexity index is 1670. The van der Waals surface area contributed by atoms with Crippen molar-refractivity contribution in [3.8, 4) is 11.3 Å². The number of aromatic nitrogens is 2. The molecule has 2 aromatic heterocycles. The van der Waals surface area contributed by atoms with Gasteiger partial charge in [-0.3, -0.25) is 0 Å². The summed E-state index contributed by atoms with van der Waals surface area (Å²) < 4.78 is 7.86. The number of furan rings is 1. The van der Waals surface area contributed by atoms with Crippen LogP contribution in [0.15, 0.2) is 77.5 Å². The third-order valence-electron chi connectivity index (χ3n) is 6.36. The molecule has 0 saturated carbocycles. The van der Waals surface area contributed by atoms with Crippen LogP contribution in [0.1, 0.15) is 5.56 Å². The van der Waals surface area contributed by atoms with Crippen LogP contribution >= 0.6 is 0 Å². The number of fused-ring (bicyclic) bond motifs is 6. The molecular formula is C28H24GeN2O. The molecule has 0 saturated heterocycles. The third kappa shape index (κ3) is 2.88. The molecule has 3 nitrogen and oxygen atoms in total. The average molecular weight is 477 g/mol. The predicted octanol–water partition coefficient (Wildman–Crippen LogP) is 7.20. The van der Waals surface area contributed by atoms with Gasteiger partial charge < -0.3 is 0 Å². The van der Waals surface area contributed by atoms with Crippen LogP contribution in [-0.4, -0.2) is 23.2 Å². The summed E-state index contributed by atoms with van der Waals surface area (Å²) >= 11 is -2.11. The third-order valence-corrected chi connectivity index (χ3v) is 10.6. The summed E-state index contributed by atoms with van der Waals surface area (Å²) in [4.78, 5) is 9.55. The van der Waals surface area contributed by atoms with Crippen LogP contribution in [0.4, 0.5) is 0 Å². The van der Waals surface area contributed by atoms with Crippen molar-refractivity contribution in [3.05, 3.63) is 78.6 Å². The van der Waals surface area contributed by atoms with Crippen molar-refractivity contribution in [1.82, 2.24) is 9.97 Å². The van der Waals surface area contributed by atoms with Crippen LogP contribution in [-0.2, 0) is 0 Å². The molecule has 0 spiro atoms. The van der Waals surface area contributed by atoms with Gasteiger partial charge in [0.25, 0.3) is 0 Å². The summed E-state index contributed by atoms with van der Waals surface area (Å²) in [5.41, 5.74) is 5.96. The van der Waals surface area contributed by atoms with Crippen LogP contribution in [0, 0.1) is 6.92 Å². The minimum absolute atomic E-state index is 0.884. The van der Waals surface area contributed by atoms with E-state index >= 15 is 0 Å². The van der Waals surface area contributed by atoms with Gasteiger partial charge in [-0.15, -0.1) is 0 Å². The summed E-state index contributed by atoms with van der Waals surface area (Å²) in [6.45, 7) is 2.09. The first-order valence-electron chi connectivity index (χ1n) is 11.0. The van der Waals surface area contributed by atoms with Crippen LogP contribution in [0.5, 0.6) is 0 Å². The van der Waals surface area contributed by atoms with E-state index in [2.05, 4.69) is 90.9 Å². The van der Waals surface area contributed by atoms with Crippen molar-refractivity contribution in [1.29, 1.82) is 0 Å². The summed E-state index contributed by atoms with van der Waals surface area (Å²) in [6.07, 6.45) is 1.70. The summed E-state index contributed by atoms with van der Waals surface area (Å²) in [6, 6.07) is 23.8.